The van der Waals surface area contributed by atoms with E-state index in [1.54, 1.807) is 0 Å². The third-order valence-corrected chi connectivity index (χ3v) is 5.01. The van der Waals surface area contributed by atoms with Gasteiger partial charge >= 0.3 is 0 Å². The van der Waals surface area contributed by atoms with Crippen molar-refractivity contribution in [3.8, 4) is 11.5 Å². The summed E-state index contributed by atoms with van der Waals surface area (Å²) in [6.07, 6.45) is 3.33. The summed E-state index contributed by atoms with van der Waals surface area (Å²) >= 11 is 0. The van der Waals surface area contributed by atoms with Crippen LogP contribution in [0.5, 0.6) is 11.5 Å². The summed E-state index contributed by atoms with van der Waals surface area (Å²) in [5, 5.41) is 6.43. The molecule has 5 nitrogen and oxygen atoms in total. The second kappa shape index (κ2) is 5.97. The van der Waals surface area contributed by atoms with Gasteiger partial charge in [-0.25, -0.2) is 0 Å². The summed E-state index contributed by atoms with van der Waals surface area (Å²) < 4.78 is 10.6. The van der Waals surface area contributed by atoms with Crippen molar-refractivity contribution in [2.24, 2.45) is 11.3 Å². The van der Waals surface area contributed by atoms with Crippen LogP contribution in [0.2, 0.25) is 0 Å². The standard InChI is InChI=1S/C16H20N2O3.ClH/c19-15(12-8-16(12)3-5-17-6-4-16)18-9-11-1-2-13-14(7-11)21-10-20-13;/h1-2,7,12,17H,3-6,8-10H2,(H,18,19);1H. The van der Waals surface area contributed by atoms with Crippen LogP contribution in [0.4, 0.5) is 0 Å². The molecule has 0 bridgehead atoms. The van der Waals surface area contributed by atoms with Crippen molar-refractivity contribution in [1.82, 2.24) is 10.6 Å². The molecule has 1 aromatic rings. The topological polar surface area (TPSA) is 59.6 Å². The number of hydrogen-bond acceptors (Lipinski definition) is 4. The molecule has 1 aliphatic carbocycles. The number of hydrogen-bond donors (Lipinski definition) is 2. The molecule has 22 heavy (non-hydrogen) atoms. The van der Waals surface area contributed by atoms with E-state index in [2.05, 4.69) is 10.6 Å². The van der Waals surface area contributed by atoms with E-state index in [4.69, 9.17) is 9.47 Å². The number of carbonyl (C=O) groups is 1. The van der Waals surface area contributed by atoms with Gasteiger partial charge < -0.3 is 20.1 Å². The zero-order valence-electron chi connectivity index (χ0n) is 12.4. The fourth-order valence-corrected chi connectivity index (χ4v) is 3.56. The first-order valence-corrected chi connectivity index (χ1v) is 7.64. The smallest absolute Gasteiger partial charge is 0.231 e. The van der Waals surface area contributed by atoms with Crippen molar-refractivity contribution in [2.75, 3.05) is 19.9 Å². The Morgan fingerprint density at radius 3 is 2.86 bits per heavy atom. The normalized spacial score (nSPS) is 23.7. The number of piperidine rings is 1. The summed E-state index contributed by atoms with van der Waals surface area (Å²) in [4.78, 5) is 12.3. The highest BCUT2D eigenvalue weighted by Crippen LogP contribution is 2.58. The summed E-state index contributed by atoms with van der Waals surface area (Å²) in [7, 11) is 0. The molecule has 1 atom stereocenters. The quantitative estimate of drug-likeness (QED) is 0.891. The van der Waals surface area contributed by atoms with Crippen LogP contribution in [0.3, 0.4) is 0 Å². The van der Waals surface area contributed by atoms with E-state index in [9.17, 15) is 4.79 Å². The number of halogens is 1. The highest BCUT2D eigenvalue weighted by atomic mass is 35.5. The number of rotatable bonds is 3. The Balaban J connectivity index is 0.00000144. The van der Waals surface area contributed by atoms with Crippen LogP contribution in [-0.4, -0.2) is 25.8 Å². The van der Waals surface area contributed by atoms with Gasteiger partial charge in [0, 0.05) is 12.5 Å². The molecule has 2 heterocycles. The van der Waals surface area contributed by atoms with E-state index in [1.807, 2.05) is 18.2 Å². The molecule has 1 spiro atoms. The Morgan fingerprint density at radius 1 is 1.27 bits per heavy atom. The molecule has 6 heteroatoms. The van der Waals surface area contributed by atoms with Crippen molar-refractivity contribution >= 4 is 18.3 Å². The first kappa shape index (κ1) is 15.4. The van der Waals surface area contributed by atoms with Crippen LogP contribution in [0, 0.1) is 11.3 Å². The van der Waals surface area contributed by atoms with Gasteiger partial charge in [0.05, 0.1) is 0 Å². The lowest BCUT2D eigenvalue weighted by molar-refractivity contribution is -0.123. The lowest BCUT2D eigenvalue weighted by atomic mass is 9.92. The van der Waals surface area contributed by atoms with Crippen LogP contribution in [0.15, 0.2) is 18.2 Å². The van der Waals surface area contributed by atoms with E-state index in [0.29, 0.717) is 12.0 Å². The van der Waals surface area contributed by atoms with Crippen molar-refractivity contribution in [3.63, 3.8) is 0 Å². The SMILES string of the molecule is Cl.O=C(NCc1ccc2c(c1)OCO2)C1CC12CCNCC2. The van der Waals surface area contributed by atoms with Crippen molar-refractivity contribution in [1.29, 1.82) is 0 Å². The minimum Gasteiger partial charge on any atom is -0.454 e. The lowest BCUT2D eigenvalue weighted by Gasteiger charge is -2.23. The molecule has 1 aromatic carbocycles. The summed E-state index contributed by atoms with van der Waals surface area (Å²) in [5.41, 5.74) is 1.34. The van der Waals surface area contributed by atoms with E-state index in [0.717, 1.165) is 49.4 Å². The van der Waals surface area contributed by atoms with Crippen LogP contribution in [-0.2, 0) is 11.3 Å². The van der Waals surface area contributed by atoms with E-state index >= 15 is 0 Å². The maximum Gasteiger partial charge on any atom is 0.231 e. The van der Waals surface area contributed by atoms with Gasteiger partial charge in [0.2, 0.25) is 12.7 Å². The van der Waals surface area contributed by atoms with Gasteiger partial charge in [0.1, 0.15) is 0 Å². The highest BCUT2D eigenvalue weighted by Gasteiger charge is 2.57. The second-order valence-electron chi connectivity index (χ2n) is 6.27. The third-order valence-electron chi connectivity index (χ3n) is 5.01. The second-order valence-corrected chi connectivity index (χ2v) is 6.27. The molecular formula is C16H21ClN2O3. The maximum absolute atomic E-state index is 12.3. The van der Waals surface area contributed by atoms with Gasteiger partial charge in [0.25, 0.3) is 0 Å². The van der Waals surface area contributed by atoms with Crippen molar-refractivity contribution in [3.05, 3.63) is 23.8 Å². The Hall–Kier alpha value is -1.46. The Labute approximate surface area is 136 Å². The average molecular weight is 325 g/mol. The largest absolute Gasteiger partial charge is 0.454 e. The molecule has 1 unspecified atom stereocenters. The molecule has 0 radical (unpaired) electrons. The van der Waals surface area contributed by atoms with Gasteiger partial charge in [-0.2, -0.15) is 0 Å². The number of ether oxygens (including phenoxy) is 2. The summed E-state index contributed by atoms with van der Waals surface area (Å²) in [6.45, 7) is 2.93. The Morgan fingerprint density at radius 2 is 2.05 bits per heavy atom. The van der Waals surface area contributed by atoms with Crippen molar-refractivity contribution < 1.29 is 14.3 Å². The first-order valence-electron chi connectivity index (χ1n) is 7.64. The summed E-state index contributed by atoms with van der Waals surface area (Å²) in [6, 6.07) is 5.81. The molecule has 2 N–H and O–H groups in total. The highest BCUT2D eigenvalue weighted by molar-refractivity contribution is 5.85. The Kier molecular flexibility index (Phi) is 4.19. The molecule has 3 aliphatic rings. The number of carbonyl (C=O) groups excluding carboxylic acids is 1. The molecule has 2 fully saturated rings. The predicted molar refractivity (Wildman–Crippen MR) is 84.3 cm³/mol. The zero-order chi connectivity index (χ0) is 14.3. The van der Waals surface area contributed by atoms with Crippen molar-refractivity contribution in [2.45, 2.75) is 25.8 Å². The lowest BCUT2D eigenvalue weighted by Crippen LogP contribution is -2.33. The van der Waals surface area contributed by atoms with Gasteiger partial charge in [-0.3, -0.25) is 4.79 Å². The molecular weight excluding hydrogens is 304 g/mol. The van der Waals surface area contributed by atoms with Crippen LogP contribution in [0.1, 0.15) is 24.8 Å². The number of fused-ring (bicyclic) bond motifs is 1. The van der Waals surface area contributed by atoms with Gasteiger partial charge in [-0.1, -0.05) is 6.07 Å². The molecule has 0 aromatic heterocycles. The number of nitrogens with one attached hydrogen (secondary N) is 2. The molecule has 4 rings (SSSR count). The predicted octanol–water partition coefficient (Wildman–Crippen LogP) is 1.84. The zero-order valence-corrected chi connectivity index (χ0v) is 13.2. The monoisotopic (exact) mass is 324 g/mol. The molecule has 120 valence electrons. The van der Waals surface area contributed by atoms with Crippen LogP contribution in [0.25, 0.3) is 0 Å². The van der Waals surface area contributed by atoms with Gasteiger partial charge in [-0.15, -0.1) is 12.4 Å². The average Bonchev–Trinajstić information content (AvgIpc) is 2.99. The summed E-state index contributed by atoms with van der Waals surface area (Å²) in [5.74, 6) is 1.96. The molecule has 2 aliphatic heterocycles. The fourth-order valence-electron chi connectivity index (χ4n) is 3.56. The molecule has 1 saturated heterocycles. The van der Waals surface area contributed by atoms with Crippen LogP contribution >= 0.6 is 12.4 Å². The van der Waals surface area contributed by atoms with E-state index in [-0.39, 0.29) is 31.0 Å². The van der Waals surface area contributed by atoms with Gasteiger partial charge in [-0.05, 0) is 55.5 Å². The van der Waals surface area contributed by atoms with Gasteiger partial charge in [0.15, 0.2) is 11.5 Å². The van der Waals surface area contributed by atoms with E-state index in [1.165, 1.54) is 0 Å². The maximum atomic E-state index is 12.3. The minimum atomic E-state index is 0. The van der Waals surface area contributed by atoms with Crippen LogP contribution < -0.4 is 20.1 Å². The fraction of sp³-hybridized carbons (Fsp3) is 0.562. The Bertz CT molecular complexity index is 573. The number of amides is 1. The molecule has 1 amide bonds. The minimum absolute atomic E-state index is 0. The number of benzene rings is 1. The molecule has 1 saturated carbocycles. The first-order chi connectivity index (χ1) is 10.3. The van der Waals surface area contributed by atoms with E-state index < -0.39 is 0 Å². The third kappa shape index (κ3) is 2.75.